The molecule has 88 valence electrons. The number of nitrogens with two attached hydrogens (primary N) is 1. The average Bonchev–Trinajstić information content (AvgIpc) is 3.05. The van der Waals surface area contributed by atoms with Crippen molar-refractivity contribution >= 4 is 22.8 Å². The van der Waals surface area contributed by atoms with Crippen molar-refractivity contribution in [3.8, 4) is 0 Å². The fraction of sp³-hybridized carbons (Fsp3) is 0.308. The van der Waals surface area contributed by atoms with Crippen LogP contribution in [0.15, 0.2) is 35.8 Å². The van der Waals surface area contributed by atoms with Gasteiger partial charge in [-0.2, -0.15) is 0 Å². The van der Waals surface area contributed by atoms with E-state index in [9.17, 15) is 0 Å². The Morgan fingerprint density at radius 2 is 2.24 bits per heavy atom. The molecule has 1 aliphatic rings. The minimum atomic E-state index is 0.620. The van der Waals surface area contributed by atoms with E-state index in [1.165, 1.54) is 17.7 Å². The standard InChI is InChI=1S/C13H15N3S/c14-12-4-1-7-15-13(12)16(10-5-6-10)9-11-3-2-8-17-11/h1-4,7-8,10H,5-6,9,14H2. The van der Waals surface area contributed by atoms with Crippen LogP contribution >= 0.6 is 11.3 Å². The molecule has 1 saturated carbocycles. The number of pyridine rings is 1. The number of nitrogen functional groups attached to an aromatic ring is 1. The Morgan fingerprint density at radius 3 is 2.88 bits per heavy atom. The maximum Gasteiger partial charge on any atom is 0.152 e. The summed E-state index contributed by atoms with van der Waals surface area (Å²) in [7, 11) is 0. The maximum atomic E-state index is 6.02. The highest BCUT2D eigenvalue weighted by Crippen LogP contribution is 2.34. The third-order valence-electron chi connectivity index (χ3n) is 2.98. The molecule has 0 aliphatic heterocycles. The van der Waals surface area contributed by atoms with Crippen molar-refractivity contribution in [1.82, 2.24) is 4.98 Å². The molecule has 0 atom stereocenters. The molecule has 0 saturated heterocycles. The van der Waals surface area contributed by atoms with Crippen LogP contribution in [-0.2, 0) is 6.54 Å². The topological polar surface area (TPSA) is 42.1 Å². The van der Waals surface area contributed by atoms with Crippen LogP contribution in [0.4, 0.5) is 11.5 Å². The van der Waals surface area contributed by atoms with Crippen LogP contribution in [-0.4, -0.2) is 11.0 Å². The Bertz CT molecular complexity index is 491. The van der Waals surface area contributed by atoms with Gasteiger partial charge >= 0.3 is 0 Å². The maximum absolute atomic E-state index is 6.02. The molecule has 2 aromatic heterocycles. The van der Waals surface area contributed by atoms with Gasteiger partial charge in [-0.3, -0.25) is 0 Å². The van der Waals surface area contributed by atoms with Crippen molar-refractivity contribution in [2.45, 2.75) is 25.4 Å². The molecule has 0 bridgehead atoms. The van der Waals surface area contributed by atoms with Crippen molar-refractivity contribution in [2.75, 3.05) is 10.6 Å². The minimum Gasteiger partial charge on any atom is -0.396 e. The fourth-order valence-corrected chi connectivity index (χ4v) is 2.69. The quantitative estimate of drug-likeness (QED) is 0.900. The second kappa shape index (κ2) is 4.37. The molecule has 2 aromatic rings. The largest absolute Gasteiger partial charge is 0.396 e. The smallest absolute Gasteiger partial charge is 0.152 e. The van der Waals surface area contributed by atoms with Crippen LogP contribution in [0.25, 0.3) is 0 Å². The molecule has 3 nitrogen and oxygen atoms in total. The first-order valence-electron chi connectivity index (χ1n) is 5.84. The van der Waals surface area contributed by atoms with Crippen molar-refractivity contribution in [1.29, 1.82) is 0 Å². The van der Waals surface area contributed by atoms with Gasteiger partial charge in [-0.1, -0.05) is 6.07 Å². The van der Waals surface area contributed by atoms with Crippen LogP contribution < -0.4 is 10.6 Å². The predicted octanol–water partition coefficient (Wildman–Crippen LogP) is 2.89. The lowest BCUT2D eigenvalue weighted by atomic mass is 10.3. The number of hydrogen-bond acceptors (Lipinski definition) is 4. The first-order chi connectivity index (χ1) is 8.34. The summed E-state index contributed by atoms with van der Waals surface area (Å²) in [5.41, 5.74) is 6.79. The fourth-order valence-electron chi connectivity index (χ4n) is 1.98. The number of rotatable bonds is 4. The van der Waals surface area contributed by atoms with E-state index < -0.39 is 0 Å². The summed E-state index contributed by atoms with van der Waals surface area (Å²) >= 11 is 1.79. The first-order valence-corrected chi connectivity index (χ1v) is 6.72. The number of thiophene rings is 1. The average molecular weight is 245 g/mol. The van der Waals surface area contributed by atoms with E-state index in [-0.39, 0.29) is 0 Å². The molecule has 4 heteroatoms. The normalized spacial score (nSPS) is 14.8. The van der Waals surface area contributed by atoms with Gasteiger partial charge < -0.3 is 10.6 Å². The summed E-state index contributed by atoms with van der Waals surface area (Å²) in [5, 5.41) is 2.11. The number of aromatic nitrogens is 1. The van der Waals surface area contributed by atoms with Gasteiger partial charge in [0.15, 0.2) is 5.82 Å². The second-order valence-corrected chi connectivity index (χ2v) is 5.39. The van der Waals surface area contributed by atoms with E-state index in [0.29, 0.717) is 6.04 Å². The lowest BCUT2D eigenvalue weighted by Gasteiger charge is -2.24. The lowest BCUT2D eigenvalue weighted by molar-refractivity contribution is 0.788. The van der Waals surface area contributed by atoms with E-state index in [2.05, 4.69) is 27.4 Å². The summed E-state index contributed by atoms with van der Waals surface area (Å²) in [6, 6.07) is 8.68. The van der Waals surface area contributed by atoms with Gasteiger partial charge in [-0.15, -0.1) is 11.3 Å². The van der Waals surface area contributed by atoms with Crippen LogP contribution in [0.2, 0.25) is 0 Å². The summed E-state index contributed by atoms with van der Waals surface area (Å²) in [4.78, 5) is 8.12. The van der Waals surface area contributed by atoms with Gasteiger partial charge in [-0.25, -0.2) is 4.98 Å². The number of nitrogens with zero attached hydrogens (tertiary/aromatic N) is 2. The van der Waals surface area contributed by atoms with E-state index in [4.69, 9.17) is 5.73 Å². The Morgan fingerprint density at radius 1 is 1.35 bits per heavy atom. The van der Waals surface area contributed by atoms with Gasteiger partial charge in [0.1, 0.15) is 0 Å². The third-order valence-corrected chi connectivity index (χ3v) is 3.84. The SMILES string of the molecule is Nc1cccnc1N(Cc1cccs1)C1CC1. The van der Waals surface area contributed by atoms with E-state index in [1.807, 2.05) is 18.3 Å². The Labute approximate surface area is 105 Å². The number of anilines is 2. The minimum absolute atomic E-state index is 0.620. The molecule has 0 unspecified atom stereocenters. The van der Waals surface area contributed by atoms with Crippen LogP contribution in [0.3, 0.4) is 0 Å². The molecule has 0 amide bonds. The molecule has 1 aliphatic carbocycles. The van der Waals surface area contributed by atoms with Crippen molar-refractivity contribution in [3.05, 3.63) is 40.7 Å². The molecular weight excluding hydrogens is 230 g/mol. The highest BCUT2D eigenvalue weighted by molar-refractivity contribution is 7.09. The monoisotopic (exact) mass is 245 g/mol. The molecule has 2 N–H and O–H groups in total. The Kier molecular flexibility index (Phi) is 2.73. The molecule has 17 heavy (non-hydrogen) atoms. The highest BCUT2D eigenvalue weighted by Gasteiger charge is 2.31. The van der Waals surface area contributed by atoms with E-state index >= 15 is 0 Å². The third kappa shape index (κ3) is 2.26. The first kappa shape index (κ1) is 10.6. The lowest BCUT2D eigenvalue weighted by Crippen LogP contribution is -2.26. The van der Waals surface area contributed by atoms with E-state index in [0.717, 1.165) is 18.1 Å². The predicted molar refractivity (Wildman–Crippen MR) is 72.2 cm³/mol. The number of hydrogen-bond donors (Lipinski definition) is 1. The van der Waals surface area contributed by atoms with Gasteiger partial charge in [0.2, 0.25) is 0 Å². The Balaban J connectivity index is 1.88. The van der Waals surface area contributed by atoms with Gasteiger partial charge in [0, 0.05) is 17.1 Å². The summed E-state index contributed by atoms with van der Waals surface area (Å²) in [5.74, 6) is 0.934. The zero-order valence-corrected chi connectivity index (χ0v) is 10.4. The van der Waals surface area contributed by atoms with Crippen molar-refractivity contribution in [2.24, 2.45) is 0 Å². The second-order valence-electron chi connectivity index (χ2n) is 4.35. The molecule has 0 spiro atoms. The van der Waals surface area contributed by atoms with Gasteiger partial charge in [-0.05, 0) is 36.4 Å². The van der Waals surface area contributed by atoms with Crippen molar-refractivity contribution < 1.29 is 0 Å². The van der Waals surface area contributed by atoms with Gasteiger partial charge in [0.05, 0.1) is 12.2 Å². The van der Waals surface area contributed by atoms with Crippen LogP contribution in [0, 0.1) is 0 Å². The highest BCUT2D eigenvalue weighted by atomic mass is 32.1. The summed E-state index contributed by atoms with van der Waals surface area (Å²) in [6.45, 7) is 0.920. The zero-order chi connectivity index (χ0) is 11.7. The molecule has 2 heterocycles. The molecular formula is C13H15N3S. The molecule has 0 radical (unpaired) electrons. The zero-order valence-electron chi connectivity index (χ0n) is 9.54. The Hall–Kier alpha value is -1.55. The summed E-state index contributed by atoms with van der Waals surface area (Å²) in [6.07, 6.45) is 4.32. The van der Waals surface area contributed by atoms with Gasteiger partial charge in [0.25, 0.3) is 0 Å². The summed E-state index contributed by atoms with van der Waals surface area (Å²) < 4.78 is 0. The van der Waals surface area contributed by atoms with Crippen molar-refractivity contribution in [3.63, 3.8) is 0 Å². The van der Waals surface area contributed by atoms with Crippen LogP contribution in [0.5, 0.6) is 0 Å². The van der Waals surface area contributed by atoms with E-state index in [1.54, 1.807) is 11.3 Å². The van der Waals surface area contributed by atoms with Crippen LogP contribution in [0.1, 0.15) is 17.7 Å². The molecule has 3 rings (SSSR count). The molecule has 1 fully saturated rings. The molecule has 0 aromatic carbocycles.